The van der Waals surface area contributed by atoms with Gasteiger partial charge in [-0.1, -0.05) is 38.1 Å². The van der Waals surface area contributed by atoms with Gasteiger partial charge in [-0.05, 0) is 50.2 Å². The van der Waals surface area contributed by atoms with E-state index in [2.05, 4.69) is 52.3 Å². The number of aryl methyl sites for hydroxylation is 1. The third-order valence-corrected chi connectivity index (χ3v) is 7.82. The van der Waals surface area contributed by atoms with Crippen LogP contribution >= 0.6 is 0 Å². The number of hydrogen-bond acceptors (Lipinski definition) is 6. The van der Waals surface area contributed by atoms with Crippen LogP contribution in [-0.4, -0.2) is 86.5 Å². The second-order valence-electron chi connectivity index (χ2n) is 11.3. The maximum absolute atomic E-state index is 13.6. The Kier molecular flexibility index (Phi) is 9.37. The lowest BCUT2D eigenvalue weighted by Crippen LogP contribution is -2.48. The molecule has 0 fully saturated rings. The van der Waals surface area contributed by atoms with E-state index in [4.69, 9.17) is 0 Å². The van der Waals surface area contributed by atoms with Crippen molar-refractivity contribution in [1.29, 1.82) is 0 Å². The molecular weight excluding hydrogens is 494 g/mol. The van der Waals surface area contributed by atoms with E-state index in [1.807, 2.05) is 22.6 Å². The zero-order valence-electron chi connectivity index (χ0n) is 24.0. The van der Waals surface area contributed by atoms with Gasteiger partial charge in [0.05, 0.1) is 19.1 Å². The molecule has 10 heteroatoms. The van der Waals surface area contributed by atoms with Gasteiger partial charge in [-0.3, -0.25) is 19.3 Å². The minimum absolute atomic E-state index is 0.0565. The largest absolute Gasteiger partial charge is 0.344 e. The highest BCUT2D eigenvalue weighted by Gasteiger charge is 2.29. The third-order valence-electron chi connectivity index (χ3n) is 7.82. The van der Waals surface area contributed by atoms with Gasteiger partial charge in [-0.25, -0.2) is 9.67 Å². The zero-order chi connectivity index (χ0) is 28.1. The van der Waals surface area contributed by atoms with Crippen molar-refractivity contribution < 1.29 is 14.4 Å². The van der Waals surface area contributed by atoms with Gasteiger partial charge < -0.3 is 15.1 Å². The minimum atomic E-state index is -0.618. The maximum Gasteiger partial charge on any atom is 0.243 e. The Morgan fingerprint density at radius 1 is 1.08 bits per heavy atom. The molecule has 2 aromatic rings. The number of rotatable bonds is 4. The monoisotopic (exact) mass is 537 g/mol. The molecule has 0 saturated carbocycles. The molecule has 4 rings (SSSR count). The van der Waals surface area contributed by atoms with Gasteiger partial charge in [0.2, 0.25) is 17.7 Å². The van der Waals surface area contributed by atoms with Crippen molar-refractivity contribution in [2.24, 2.45) is 5.92 Å². The van der Waals surface area contributed by atoms with Gasteiger partial charge in [-0.2, -0.15) is 5.10 Å². The van der Waals surface area contributed by atoms with Crippen LogP contribution in [0.25, 0.3) is 0 Å². The summed E-state index contributed by atoms with van der Waals surface area (Å²) in [6.45, 7) is 11.1. The van der Waals surface area contributed by atoms with Gasteiger partial charge in [-0.15, -0.1) is 0 Å². The summed E-state index contributed by atoms with van der Waals surface area (Å²) in [5.74, 6) is 1.37. The molecule has 0 radical (unpaired) electrons. The smallest absolute Gasteiger partial charge is 0.243 e. The molecule has 0 saturated heterocycles. The van der Waals surface area contributed by atoms with Crippen LogP contribution in [0, 0.1) is 12.8 Å². The van der Waals surface area contributed by atoms with E-state index in [0.717, 1.165) is 19.5 Å². The van der Waals surface area contributed by atoms with Crippen LogP contribution < -0.4 is 5.32 Å². The predicted molar refractivity (Wildman–Crippen MR) is 149 cm³/mol. The molecule has 1 aromatic carbocycles. The molecule has 2 aliphatic rings. The van der Waals surface area contributed by atoms with Gasteiger partial charge in [0.25, 0.3) is 0 Å². The molecule has 212 valence electrons. The first-order chi connectivity index (χ1) is 18.6. The quantitative estimate of drug-likeness (QED) is 0.642. The Morgan fingerprint density at radius 2 is 1.82 bits per heavy atom. The van der Waals surface area contributed by atoms with Crippen LogP contribution in [0.5, 0.6) is 0 Å². The summed E-state index contributed by atoms with van der Waals surface area (Å²) < 4.78 is 1.84. The fraction of sp³-hybridized carbons (Fsp3) is 0.621. The van der Waals surface area contributed by atoms with Gasteiger partial charge in [0.1, 0.15) is 17.7 Å². The molecular formula is C29H43N7O3. The summed E-state index contributed by atoms with van der Waals surface area (Å²) in [5, 5.41) is 7.75. The highest BCUT2D eigenvalue weighted by molar-refractivity contribution is 5.87. The Balaban J connectivity index is 1.55. The average Bonchev–Trinajstić information content (AvgIpc) is 3.28. The summed E-state index contributed by atoms with van der Waals surface area (Å²) in [5.41, 5.74) is 2.63. The molecule has 1 N–H and O–H groups in total. The number of amides is 3. The highest BCUT2D eigenvalue weighted by atomic mass is 16.2. The zero-order valence-corrected chi connectivity index (χ0v) is 24.0. The topological polar surface area (TPSA) is 104 Å². The number of nitrogens with one attached hydrogen (secondary N) is 1. The number of carbonyl (C=O) groups is 3. The first-order valence-corrected chi connectivity index (χ1v) is 14.2. The van der Waals surface area contributed by atoms with E-state index < -0.39 is 6.04 Å². The molecule has 0 aliphatic carbocycles. The molecule has 0 unspecified atom stereocenters. The first-order valence-electron chi connectivity index (χ1n) is 14.2. The lowest BCUT2D eigenvalue weighted by molar-refractivity contribution is -0.139. The Hall–Kier alpha value is -3.27. The van der Waals surface area contributed by atoms with Crippen molar-refractivity contribution in [1.82, 2.24) is 34.8 Å². The summed E-state index contributed by atoms with van der Waals surface area (Å²) in [6.07, 6.45) is 2.43. The summed E-state index contributed by atoms with van der Waals surface area (Å²) in [6, 6.07) is 7.45. The highest BCUT2D eigenvalue weighted by Crippen LogP contribution is 2.22. The Bertz CT molecular complexity index is 1180. The number of carbonyl (C=O) groups excluding carboxylic acids is 3. The van der Waals surface area contributed by atoms with E-state index in [-0.39, 0.29) is 30.2 Å². The average molecular weight is 538 g/mol. The van der Waals surface area contributed by atoms with Crippen molar-refractivity contribution in [2.75, 3.05) is 33.2 Å². The standard InChI is InChI=1S/C29H43N7O3/c1-20(2)17-25-28-30-22(4)32-36(28)16-15-35(13-8-11-26(37)33(5)21(3)29(39)31-25)27(38)19-34-14-12-23-9-6-7-10-24(23)18-34/h6-7,9-10,20-21,25H,8,11-19H2,1-5H3,(H,31,39)/t21-,25+/m0/s1. The first kappa shape index (κ1) is 28.7. The number of fused-ring (bicyclic) bond motifs is 2. The lowest BCUT2D eigenvalue weighted by atomic mass is 10.00. The number of likely N-dealkylation sites (N-methyl/N-ethyl adjacent to an activating group) is 1. The summed E-state index contributed by atoms with van der Waals surface area (Å²) in [4.78, 5) is 49.9. The summed E-state index contributed by atoms with van der Waals surface area (Å²) >= 11 is 0. The van der Waals surface area contributed by atoms with Crippen LogP contribution in [0.2, 0.25) is 0 Å². The summed E-state index contributed by atoms with van der Waals surface area (Å²) in [7, 11) is 1.67. The second kappa shape index (κ2) is 12.7. The van der Waals surface area contributed by atoms with E-state index in [9.17, 15) is 14.4 Å². The van der Waals surface area contributed by atoms with Crippen molar-refractivity contribution in [3.8, 4) is 0 Å². The third kappa shape index (κ3) is 7.23. The Morgan fingerprint density at radius 3 is 2.56 bits per heavy atom. The minimum Gasteiger partial charge on any atom is -0.344 e. The number of nitrogens with zero attached hydrogens (tertiary/aromatic N) is 6. The van der Waals surface area contributed by atoms with Crippen LogP contribution in [0.15, 0.2) is 24.3 Å². The number of hydrogen-bond donors (Lipinski definition) is 1. The van der Waals surface area contributed by atoms with Gasteiger partial charge in [0, 0.05) is 39.6 Å². The predicted octanol–water partition coefficient (Wildman–Crippen LogP) is 2.32. The van der Waals surface area contributed by atoms with Gasteiger partial charge >= 0.3 is 0 Å². The van der Waals surface area contributed by atoms with Crippen LogP contribution in [0.3, 0.4) is 0 Å². The van der Waals surface area contributed by atoms with E-state index in [0.29, 0.717) is 56.6 Å². The Labute approximate surface area is 231 Å². The van der Waals surface area contributed by atoms with Crippen molar-refractivity contribution >= 4 is 17.7 Å². The van der Waals surface area contributed by atoms with Crippen molar-refractivity contribution in [2.45, 2.75) is 78.6 Å². The molecule has 0 spiro atoms. The molecule has 1 aromatic heterocycles. The van der Waals surface area contributed by atoms with E-state index in [1.165, 1.54) is 16.0 Å². The van der Waals surface area contributed by atoms with E-state index >= 15 is 0 Å². The van der Waals surface area contributed by atoms with Crippen LogP contribution in [0.1, 0.15) is 68.9 Å². The lowest BCUT2D eigenvalue weighted by Gasteiger charge is -2.32. The van der Waals surface area contributed by atoms with Gasteiger partial charge in [0.15, 0.2) is 0 Å². The molecule has 39 heavy (non-hydrogen) atoms. The molecule has 2 atom stereocenters. The molecule has 0 bridgehead atoms. The molecule has 3 amide bonds. The second-order valence-corrected chi connectivity index (χ2v) is 11.3. The van der Waals surface area contributed by atoms with Crippen LogP contribution in [0.4, 0.5) is 0 Å². The van der Waals surface area contributed by atoms with Crippen molar-refractivity contribution in [3.05, 3.63) is 47.0 Å². The normalized spacial score (nSPS) is 21.8. The fourth-order valence-corrected chi connectivity index (χ4v) is 5.43. The number of aromatic nitrogens is 3. The van der Waals surface area contributed by atoms with Crippen LogP contribution in [-0.2, 0) is 33.9 Å². The van der Waals surface area contributed by atoms with E-state index in [1.54, 1.807) is 14.0 Å². The maximum atomic E-state index is 13.6. The molecule has 3 heterocycles. The molecule has 10 nitrogen and oxygen atoms in total. The fourth-order valence-electron chi connectivity index (χ4n) is 5.43. The van der Waals surface area contributed by atoms with Crippen molar-refractivity contribution in [3.63, 3.8) is 0 Å². The number of benzene rings is 1. The SMILES string of the molecule is Cc1nc2n(n1)CCN(C(=O)CN1CCc3ccccc3C1)CCCC(=O)N(C)[C@@H](C)C(=O)N[C@@H]2CC(C)C. The molecule has 2 aliphatic heterocycles.